The Morgan fingerprint density at radius 1 is 0.558 bits per heavy atom. The molecule has 1 atom stereocenters. The predicted molar refractivity (Wildman–Crippen MR) is 220 cm³/mol. The summed E-state index contributed by atoms with van der Waals surface area (Å²) in [7, 11) is -2.07. The minimum absolute atomic E-state index is 0.0541. The highest BCUT2D eigenvalue weighted by atomic mass is 32.2. The average Bonchev–Trinajstić information content (AvgIpc) is 3.13. The quantitative estimate of drug-likeness (QED) is 0.0290. The Bertz CT molecular complexity index is 949. The van der Waals surface area contributed by atoms with E-state index in [-0.39, 0.29) is 25.1 Å². The molecule has 0 fully saturated rings. The molecule has 1 unspecified atom stereocenters. The van der Waals surface area contributed by atoms with E-state index in [0.717, 1.165) is 58.5 Å². The summed E-state index contributed by atoms with van der Waals surface area (Å²) in [5, 5.41) is -0.438. The van der Waals surface area contributed by atoms with Gasteiger partial charge in [-0.1, -0.05) is 141 Å². The maximum atomic E-state index is 12.2. The summed E-state index contributed by atoms with van der Waals surface area (Å²) in [5.41, 5.74) is 5.75. The van der Waals surface area contributed by atoms with E-state index < -0.39 is 21.5 Å². The first-order valence-corrected chi connectivity index (χ1v) is 22.8. The SMILES string of the molecule is CCCCCCCC/C=C\CCCCCCCC(=O)OCC(CN)OC(=O)CCCCCCC/C=C\CCCCCCCC.COS(=O)(=O)C(C)C. The van der Waals surface area contributed by atoms with E-state index in [2.05, 4.69) is 42.3 Å². The number of ether oxygens (including phenoxy) is 2. The number of carbonyl (C=O) groups excluding carboxylic acids is 2. The van der Waals surface area contributed by atoms with Gasteiger partial charge in [0.2, 0.25) is 0 Å². The van der Waals surface area contributed by atoms with Gasteiger partial charge < -0.3 is 15.2 Å². The van der Waals surface area contributed by atoms with Crippen molar-refractivity contribution in [3.05, 3.63) is 24.3 Å². The summed E-state index contributed by atoms with van der Waals surface area (Å²) >= 11 is 0. The first kappa shape index (κ1) is 52.4. The molecule has 0 aliphatic rings. The Kier molecular flexibility index (Phi) is 40.8. The van der Waals surface area contributed by atoms with Crippen molar-refractivity contribution in [1.29, 1.82) is 0 Å². The fourth-order valence-corrected chi connectivity index (χ4v) is 5.91. The summed E-state index contributed by atoms with van der Waals surface area (Å²) in [6.45, 7) is 7.88. The van der Waals surface area contributed by atoms with Gasteiger partial charge in [0, 0.05) is 19.4 Å². The summed E-state index contributed by atoms with van der Waals surface area (Å²) in [4.78, 5) is 24.3. The largest absolute Gasteiger partial charge is 0.462 e. The van der Waals surface area contributed by atoms with Gasteiger partial charge in [-0.25, -0.2) is 0 Å². The Morgan fingerprint density at radius 3 is 1.23 bits per heavy atom. The molecule has 0 aromatic carbocycles. The predicted octanol–water partition coefficient (Wildman–Crippen LogP) is 11.8. The average molecular weight is 758 g/mol. The van der Waals surface area contributed by atoms with Crippen molar-refractivity contribution in [2.45, 2.75) is 219 Å². The monoisotopic (exact) mass is 758 g/mol. The number of hydrogen-bond acceptors (Lipinski definition) is 8. The lowest BCUT2D eigenvalue weighted by atomic mass is 10.1. The molecule has 0 amide bonds. The molecule has 9 heteroatoms. The van der Waals surface area contributed by atoms with Crippen LogP contribution in [0, 0.1) is 0 Å². The third-order valence-electron chi connectivity index (χ3n) is 9.09. The van der Waals surface area contributed by atoms with Crippen LogP contribution in [0.2, 0.25) is 0 Å². The van der Waals surface area contributed by atoms with E-state index in [4.69, 9.17) is 15.2 Å². The minimum atomic E-state index is -3.24. The number of carbonyl (C=O) groups is 2. The Morgan fingerprint density at radius 2 is 0.904 bits per heavy atom. The van der Waals surface area contributed by atoms with Crippen molar-refractivity contribution >= 4 is 22.1 Å². The standard InChI is InChI=1S/C39H73NO4.C4H10O3S/c1-3-5-7-9-11-13-15-17-19-21-23-25-27-29-31-33-38(41)43-36-37(35-40)44-39(42)34-32-30-28-26-24-22-20-18-16-14-12-10-8-6-4-2;1-4(2)8(5,6)7-3/h17-20,37H,3-16,21-36,40H2,1-2H3;4H,1-3H3/b19-17-,20-18-;. The third kappa shape index (κ3) is 39.5. The molecule has 0 spiro atoms. The van der Waals surface area contributed by atoms with Crippen molar-refractivity contribution in [1.82, 2.24) is 0 Å². The maximum absolute atomic E-state index is 12.2. The molecule has 0 rings (SSSR count). The number of allylic oxidation sites excluding steroid dienone is 4. The smallest absolute Gasteiger partial charge is 0.306 e. The number of rotatable bonds is 36. The fraction of sp³-hybridized carbons (Fsp3) is 0.860. The number of hydrogen-bond donors (Lipinski definition) is 1. The molecule has 0 aliphatic heterocycles. The number of esters is 2. The second-order valence-corrected chi connectivity index (χ2v) is 16.7. The first-order valence-electron chi connectivity index (χ1n) is 21.3. The summed E-state index contributed by atoms with van der Waals surface area (Å²) in [5.74, 6) is -0.472. The van der Waals surface area contributed by atoms with Crippen LogP contribution in [0.15, 0.2) is 24.3 Å². The Hall–Kier alpha value is -1.71. The summed E-state index contributed by atoms with van der Waals surface area (Å²) in [6.07, 6.45) is 41.6. The molecular formula is C43H83NO7S. The van der Waals surface area contributed by atoms with Gasteiger partial charge in [0.15, 0.2) is 0 Å². The topological polar surface area (TPSA) is 122 Å². The van der Waals surface area contributed by atoms with E-state index in [9.17, 15) is 18.0 Å². The van der Waals surface area contributed by atoms with Gasteiger partial charge in [0.1, 0.15) is 12.7 Å². The third-order valence-corrected chi connectivity index (χ3v) is 10.7. The van der Waals surface area contributed by atoms with Gasteiger partial charge >= 0.3 is 11.9 Å². The van der Waals surface area contributed by atoms with Crippen LogP contribution in [0.3, 0.4) is 0 Å². The molecule has 0 radical (unpaired) electrons. The Labute approximate surface area is 322 Å². The zero-order valence-corrected chi connectivity index (χ0v) is 35.3. The second kappa shape index (κ2) is 40.5. The van der Waals surface area contributed by atoms with Crippen molar-refractivity contribution in [2.24, 2.45) is 5.73 Å². The second-order valence-electron chi connectivity index (χ2n) is 14.4. The highest BCUT2D eigenvalue weighted by molar-refractivity contribution is 7.87. The van der Waals surface area contributed by atoms with Gasteiger partial charge in [-0.3, -0.25) is 13.8 Å². The number of nitrogens with two attached hydrogens (primary N) is 1. The minimum Gasteiger partial charge on any atom is -0.462 e. The summed E-state index contributed by atoms with van der Waals surface area (Å²) < 4.78 is 35.9. The van der Waals surface area contributed by atoms with Crippen LogP contribution < -0.4 is 5.73 Å². The molecule has 0 heterocycles. The molecular weight excluding hydrogens is 675 g/mol. The van der Waals surface area contributed by atoms with Crippen LogP contribution in [0.1, 0.15) is 207 Å². The zero-order chi connectivity index (χ0) is 39.0. The van der Waals surface area contributed by atoms with Gasteiger partial charge in [0.25, 0.3) is 10.1 Å². The molecule has 8 nitrogen and oxygen atoms in total. The molecule has 0 aromatic rings. The molecule has 0 aromatic heterocycles. The molecule has 0 bridgehead atoms. The van der Waals surface area contributed by atoms with Crippen molar-refractivity contribution < 1.29 is 31.7 Å². The molecule has 0 saturated carbocycles. The van der Waals surface area contributed by atoms with E-state index in [1.807, 2.05) is 0 Å². The molecule has 2 N–H and O–H groups in total. The molecule has 0 saturated heterocycles. The van der Waals surface area contributed by atoms with E-state index in [1.54, 1.807) is 13.8 Å². The van der Waals surface area contributed by atoms with Crippen LogP contribution >= 0.6 is 0 Å². The summed E-state index contributed by atoms with van der Waals surface area (Å²) in [6, 6.07) is 0. The number of unbranched alkanes of at least 4 members (excludes halogenated alkanes) is 22. The zero-order valence-electron chi connectivity index (χ0n) is 34.5. The highest BCUT2D eigenvalue weighted by Gasteiger charge is 2.15. The van der Waals surface area contributed by atoms with Crippen LogP contribution in [0.5, 0.6) is 0 Å². The molecule has 308 valence electrons. The van der Waals surface area contributed by atoms with Gasteiger partial charge in [-0.2, -0.15) is 8.42 Å². The first-order chi connectivity index (χ1) is 25.1. The van der Waals surface area contributed by atoms with Crippen molar-refractivity contribution in [3.8, 4) is 0 Å². The van der Waals surface area contributed by atoms with Crippen LogP contribution in [0.25, 0.3) is 0 Å². The van der Waals surface area contributed by atoms with Gasteiger partial charge in [0.05, 0.1) is 12.4 Å². The van der Waals surface area contributed by atoms with E-state index >= 15 is 0 Å². The highest BCUT2D eigenvalue weighted by Crippen LogP contribution is 2.13. The molecule has 0 aliphatic carbocycles. The lowest BCUT2D eigenvalue weighted by Crippen LogP contribution is -2.32. The van der Waals surface area contributed by atoms with Gasteiger partial charge in [-0.15, -0.1) is 0 Å². The van der Waals surface area contributed by atoms with Gasteiger partial charge in [-0.05, 0) is 78.1 Å². The van der Waals surface area contributed by atoms with Crippen molar-refractivity contribution in [3.63, 3.8) is 0 Å². The van der Waals surface area contributed by atoms with E-state index in [1.165, 1.54) is 116 Å². The van der Waals surface area contributed by atoms with E-state index in [0.29, 0.717) is 12.8 Å². The van der Waals surface area contributed by atoms with Crippen LogP contribution in [-0.4, -0.2) is 52.0 Å². The maximum Gasteiger partial charge on any atom is 0.306 e. The van der Waals surface area contributed by atoms with Crippen LogP contribution in [0.4, 0.5) is 0 Å². The van der Waals surface area contributed by atoms with Crippen molar-refractivity contribution in [2.75, 3.05) is 20.3 Å². The normalized spacial score (nSPS) is 12.4. The van der Waals surface area contributed by atoms with Crippen LogP contribution in [-0.2, 0) is 33.4 Å². The Balaban J connectivity index is 0. The lowest BCUT2D eigenvalue weighted by molar-refractivity contribution is -0.158. The lowest BCUT2D eigenvalue weighted by Gasteiger charge is -2.16. The fourth-order valence-electron chi connectivity index (χ4n) is 5.53. The molecule has 52 heavy (non-hydrogen) atoms.